The highest BCUT2D eigenvalue weighted by atomic mass is 28.4. The summed E-state index contributed by atoms with van der Waals surface area (Å²) in [6.45, 7) is 6.48. The molecule has 19 heavy (non-hydrogen) atoms. The van der Waals surface area contributed by atoms with Crippen LogP contribution in [0.2, 0.25) is 19.6 Å². The molecule has 1 saturated heterocycles. The second-order valence-corrected chi connectivity index (χ2v) is 10.1. The zero-order valence-electron chi connectivity index (χ0n) is 12.6. The van der Waals surface area contributed by atoms with Crippen LogP contribution in [0.1, 0.15) is 0 Å². The zero-order chi connectivity index (χ0) is 14.6. The Morgan fingerprint density at radius 1 is 1.00 bits per heavy atom. The van der Waals surface area contributed by atoms with Crippen LogP contribution in [0.15, 0.2) is 0 Å². The van der Waals surface area contributed by atoms with E-state index in [0.717, 1.165) is 0 Å². The first-order valence-corrected chi connectivity index (χ1v) is 9.80. The van der Waals surface area contributed by atoms with E-state index < -0.39 is 20.7 Å². The molecule has 1 aliphatic heterocycles. The molecule has 1 aliphatic rings. The van der Waals surface area contributed by atoms with Crippen molar-refractivity contribution in [1.82, 2.24) is 0 Å². The summed E-state index contributed by atoms with van der Waals surface area (Å²) in [6, 6.07) is 0. The molecule has 0 radical (unpaired) electrons. The van der Waals surface area contributed by atoms with Gasteiger partial charge in [-0.2, -0.15) is 0 Å². The average molecular weight is 294 g/mol. The quantitative estimate of drug-likeness (QED) is 0.724. The average Bonchev–Trinajstić information content (AvgIpc) is 2.30. The summed E-state index contributed by atoms with van der Waals surface area (Å²) in [5, 5.41) is 10.1. The van der Waals surface area contributed by atoms with Crippen molar-refractivity contribution < 1.29 is 28.5 Å². The molecule has 6 nitrogen and oxygen atoms in total. The molecule has 0 aromatic carbocycles. The highest BCUT2D eigenvalue weighted by molar-refractivity contribution is 6.69. The van der Waals surface area contributed by atoms with Gasteiger partial charge in [0.05, 0.1) is 6.61 Å². The van der Waals surface area contributed by atoms with Crippen molar-refractivity contribution in [2.45, 2.75) is 50.3 Å². The van der Waals surface area contributed by atoms with Crippen LogP contribution in [0.3, 0.4) is 0 Å². The van der Waals surface area contributed by atoms with Gasteiger partial charge in [0.2, 0.25) is 0 Å². The minimum atomic E-state index is -1.83. The van der Waals surface area contributed by atoms with Gasteiger partial charge < -0.3 is 28.5 Å². The SMILES string of the molecule is COCC1OC(O)C(O[Si](C)(C)C)C(OC)C1OC. The van der Waals surface area contributed by atoms with E-state index in [1.54, 1.807) is 21.3 Å². The predicted molar refractivity (Wildman–Crippen MR) is 72.6 cm³/mol. The number of hydrogen-bond acceptors (Lipinski definition) is 6. The van der Waals surface area contributed by atoms with Gasteiger partial charge in [0.1, 0.15) is 24.4 Å². The summed E-state index contributed by atoms with van der Waals surface area (Å²) >= 11 is 0. The summed E-state index contributed by atoms with van der Waals surface area (Å²) in [5.74, 6) is 0. The van der Waals surface area contributed by atoms with Crippen LogP contribution >= 0.6 is 0 Å². The first-order chi connectivity index (χ1) is 8.84. The van der Waals surface area contributed by atoms with E-state index >= 15 is 0 Å². The van der Waals surface area contributed by atoms with Crippen LogP contribution in [-0.4, -0.2) is 72.1 Å². The summed E-state index contributed by atoms with van der Waals surface area (Å²) < 4.78 is 27.5. The molecule has 1 fully saturated rings. The van der Waals surface area contributed by atoms with Gasteiger partial charge in [-0.25, -0.2) is 0 Å². The van der Waals surface area contributed by atoms with Crippen LogP contribution < -0.4 is 0 Å². The molecule has 1 rings (SSSR count). The third-order valence-corrected chi connectivity index (χ3v) is 3.95. The molecule has 0 aliphatic carbocycles. The van der Waals surface area contributed by atoms with Crippen molar-refractivity contribution in [3.05, 3.63) is 0 Å². The number of rotatable bonds is 6. The Morgan fingerprint density at radius 2 is 1.58 bits per heavy atom. The van der Waals surface area contributed by atoms with Gasteiger partial charge in [-0.3, -0.25) is 0 Å². The minimum Gasteiger partial charge on any atom is -0.407 e. The molecule has 0 amide bonds. The number of ether oxygens (including phenoxy) is 4. The fraction of sp³-hybridized carbons (Fsp3) is 1.00. The fourth-order valence-electron chi connectivity index (χ4n) is 2.28. The van der Waals surface area contributed by atoms with Crippen molar-refractivity contribution in [3.8, 4) is 0 Å². The largest absolute Gasteiger partial charge is 0.407 e. The van der Waals surface area contributed by atoms with Crippen molar-refractivity contribution in [1.29, 1.82) is 0 Å². The van der Waals surface area contributed by atoms with Gasteiger partial charge in [0.25, 0.3) is 0 Å². The van der Waals surface area contributed by atoms with E-state index in [-0.39, 0.29) is 18.3 Å². The lowest BCUT2D eigenvalue weighted by atomic mass is 9.99. The molecule has 0 spiro atoms. The summed E-state index contributed by atoms with van der Waals surface area (Å²) in [4.78, 5) is 0. The van der Waals surface area contributed by atoms with Crippen LogP contribution in [0.25, 0.3) is 0 Å². The van der Waals surface area contributed by atoms with Crippen molar-refractivity contribution in [2.24, 2.45) is 0 Å². The molecule has 0 bridgehead atoms. The predicted octanol–water partition coefficient (Wildman–Crippen LogP) is 0.600. The summed E-state index contributed by atoms with van der Waals surface area (Å²) in [6.07, 6.45) is -2.69. The maximum atomic E-state index is 10.1. The third-order valence-electron chi connectivity index (χ3n) is 2.97. The lowest BCUT2D eigenvalue weighted by Crippen LogP contribution is -2.62. The van der Waals surface area contributed by atoms with E-state index in [1.807, 2.05) is 0 Å². The smallest absolute Gasteiger partial charge is 0.184 e. The minimum absolute atomic E-state index is 0.328. The fourth-order valence-corrected chi connectivity index (χ4v) is 3.35. The Hall–Kier alpha value is -0.0231. The van der Waals surface area contributed by atoms with Crippen molar-refractivity contribution in [3.63, 3.8) is 0 Å². The van der Waals surface area contributed by atoms with Crippen molar-refractivity contribution in [2.75, 3.05) is 27.9 Å². The van der Waals surface area contributed by atoms with Gasteiger partial charge in [0.15, 0.2) is 14.6 Å². The second-order valence-electron chi connectivity index (χ2n) is 5.62. The Labute approximate surface area is 116 Å². The van der Waals surface area contributed by atoms with E-state index in [4.69, 9.17) is 23.4 Å². The molecule has 1 heterocycles. The van der Waals surface area contributed by atoms with Crippen LogP contribution in [0, 0.1) is 0 Å². The first-order valence-electron chi connectivity index (χ1n) is 6.40. The molecule has 7 heteroatoms. The maximum absolute atomic E-state index is 10.1. The molecular formula is C12H26O6Si. The number of hydrogen-bond donors (Lipinski definition) is 1. The van der Waals surface area contributed by atoms with Gasteiger partial charge in [-0.05, 0) is 19.6 Å². The summed E-state index contributed by atoms with van der Waals surface area (Å²) in [5.41, 5.74) is 0. The van der Waals surface area contributed by atoms with Crippen LogP contribution in [0.4, 0.5) is 0 Å². The topological polar surface area (TPSA) is 66.4 Å². The molecule has 0 saturated carbocycles. The molecule has 0 aromatic rings. The molecular weight excluding hydrogens is 268 g/mol. The molecule has 5 unspecified atom stereocenters. The second kappa shape index (κ2) is 7.12. The number of aliphatic hydroxyl groups is 1. The van der Waals surface area contributed by atoms with E-state index in [1.165, 1.54) is 0 Å². The monoisotopic (exact) mass is 294 g/mol. The van der Waals surface area contributed by atoms with Gasteiger partial charge in [-0.15, -0.1) is 0 Å². The highest BCUT2D eigenvalue weighted by Crippen LogP contribution is 2.28. The lowest BCUT2D eigenvalue weighted by molar-refractivity contribution is -0.291. The Morgan fingerprint density at radius 3 is 2.00 bits per heavy atom. The van der Waals surface area contributed by atoms with Gasteiger partial charge in [0, 0.05) is 21.3 Å². The normalized spacial score (nSPS) is 36.5. The molecule has 5 atom stereocenters. The lowest BCUT2D eigenvalue weighted by Gasteiger charge is -2.45. The highest BCUT2D eigenvalue weighted by Gasteiger charge is 2.48. The Kier molecular flexibility index (Phi) is 6.38. The van der Waals surface area contributed by atoms with Crippen LogP contribution in [0.5, 0.6) is 0 Å². The van der Waals surface area contributed by atoms with E-state index in [2.05, 4.69) is 19.6 Å². The Bertz CT molecular complexity index is 269. The standard InChI is InChI=1S/C12H26O6Si/c1-14-7-8-9(15-2)10(16-3)11(12(13)17-8)18-19(4,5)6/h8-13H,7H2,1-6H3. The third kappa shape index (κ3) is 4.49. The van der Waals surface area contributed by atoms with Crippen LogP contribution in [-0.2, 0) is 23.4 Å². The molecule has 1 N–H and O–H groups in total. The van der Waals surface area contributed by atoms with E-state index in [9.17, 15) is 5.11 Å². The summed E-state index contributed by atoms with van der Waals surface area (Å²) in [7, 11) is 2.92. The zero-order valence-corrected chi connectivity index (χ0v) is 13.6. The number of aliphatic hydroxyl groups excluding tert-OH is 1. The Balaban J connectivity index is 2.87. The van der Waals surface area contributed by atoms with Gasteiger partial charge in [-0.1, -0.05) is 0 Å². The molecule has 114 valence electrons. The molecule has 0 aromatic heterocycles. The van der Waals surface area contributed by atoms with E-state index in [0.29, 0.717) is 6.61 Å². The van der Waals surface area contributed by atoms with Gasteiger partial charge >= 0.3 is 0 Å². The van der Waals surface area contributed by atoms with Crippen molar-refractivity contribution >= 4 is 8.32 Å². The maximum Gasteiger partial charge on any atom is 0.184 e. The number of methoxy groups -OCH3 is 3. The first kappa shape index (κ1) is 17.0.